The van der Waals surface area contributed by atoms with E-state index >= 15 is 0 Å². The third kappa shape index (κ3) is 3.02. The van der Waals surface area contributed by atoms with Gasteiger partial charge >= 0.3 is 7.12 Å². The van der Waals surface area contributed by atoms with Crippen molar-refractivity contribution in [2.75, 3.05) is 0 Å². The number of ether oxygens (including phenoxy) is 1. The van der Waals surface area contributed by atoms with Crippen LogP contribution in [-0.4, -0.2) is 42.9 Å². The first kappa shape index (κ1) is 21.5. The molecule has 1 N–H and O–H groups in total. The molecule has 1 amide bonds. The van der Waals surface area contributed by atoms with E-state index in [1.54, 1.807) is 0 Å². The fourth-order valence-corrected chi connectivity index (χ4v) is 7.92. The lowest BCUT2D eigenvalue weighted by Crippen LogP contribution is -2.65. The number of nitrogens with one attached hydrogen (secondary N) is 1. The van der Waals surface area contributed by atoms with Crippen molar-refractivity contribution in [1.82, 2.24) is 5.32 Å². The lowest BCUT2D eigenvalue weighted by atomic mass is 9.43. The Kier molecular flexibility index (Phi) is 4.63. The van der Waals surface area contributed by atoms with Crippen LogP contribution < -0.4 is 5.32 Å². The van der Waals surface area contributed by atoms with Gasteiger partial charge in [0.15, 0.2) is 0 Å². The van der Waals surface area contributed by atoms with Gasteiger partial charge in [0, 0.05) is 5.39 Å². The minimum absolute atomic E-state index is 0.0546. The Labute approximate surface area is 201 Å². The molecule has 2 aromatic rings. The van der Waals surface area contributed by atoms with Gasteiger partial charge in [-0.05, 0) is 74.3 Å². The molecule has 6 fully saturated rings. The second kappa shape index (κ2) is 7.34. The standard InChI is InChI=1S/C27H34BNO5/c1-26(2)16-11-22(26)27(3)23(12-16)33-28(34-27)24(10-15-14-31-20-7-5-4-6-18(15)20)29-25(30)19-13-17-8-9-21(19)32-17/h4-7,14,16-17,19,21-24H,8-13H2,1-3H3,(H,29,30)/t16?,17-,19-,21+,22?,23-,24+,27+/m1/s1. The van der Waals surface area contributed by atoms with E-state index in [4.69, 9.17) is 18.5 Å². The molecule has 0 radical (unpaired) electrons. The van der Waals surface area contributed by atoms with E-state index in [0.29, 0.717) is 18.3 Å². The second-order valence-corrected chi connectivity index (χ2v) is 12.1. The van der Waals surface area contributed by atoms with Crippen molar-refractivity contribution in [1.29, 1.82) is 0 Å². The van der Waals surface area contributed by atoms with Gasteiger partial charge in [0.05, 0.1) is 42.0 Å². The maximum atomic E-state index is 13.4. The summed E-state index contributed by atoms with van der Waals surface area (Å²) in [5, 5.41) is 4.43. The molecule has 3 saturated heterocycles. The molecule has 8 rings (SSSR count). The number of hydrogen-bond donors (Lipinski definition) is 1. The largest absolute Gasteiger partial charge is 0.482 e. The molecule has 3 aliphatic heterocycles. The Hall–Kier alpha value is -1.83. The van der Waals surface area contributed by atoms with Crippen molar-refractivity contribution in [2.24, 2.45) is 23.2 Å². The van der Waals surface area contributed by atoms with Crippen molar-refractivity contribution in [3.8, 4) is 0 Å². The summed E-state index contributed by atoms with van der Waals surface area (Å²) < 4.78 is 25.2. The highest BCUT2D eigenvalue weighted by Crippen LogP contribution is 2.65. The normalized spacial score (nSPS) is 40.3. The molecule has 2 unspecified atom stereocenters. The van der Waals surface area contributed by atoms with E-state index < -0.39 is 7.12 Å². The Balaban J connectivity index is 1.17. The number of rotatable bonds is 5. The lowest BCUT2D eigenvalue weighted by Gasteiger charge is -2.64. The quantitative estimate of drug-likeness (QED) is 0.670. The minimum atomic E-state index is -0.470. The molecule has 0 spiro atoms. The molecule has 8 atom stereocenters. The lowest BCUT2D eigenvalue weighted by molar-refractivity contribution is -0.199. The summed E-state index contributed by atoms with van der Waals surface area (Å²) in [5.74, 6) is 0.888. The van der Waals surface area contributed by atoms with Crippen molar-refractivity contribution in [3.63, 3.8) is 0 Å². The van der Waals surface area contributed by atoms with Gasteiger partial charge in [0.25, 0.3) is 0 Å². The summed E-state index contributed by atoms with van der Waals surface area (Å²) in [4.78, 5) is 13.4. The number of benzene rings is 1. The van der Waals surface area contributed by atoms with Crippen LogP contribution in [0.4, 0.5) is 0 Å². The first-order valence-electron chi connectivity index (χ1n) is 13.1. The average molecular weight is 463 g/mol. The third-order valence-corrected chi connectivity index (χ3v) is 10.1. The predicted molar refractivity (Wildman–Crippen MR) is 128 cm³/mol. The van der Waals surface area contributed by atoms with Gasteiger partial charge in [0.1, 0.15) is 5.58 Å². The highest BCUT2D eigenvalue weighted by atomic mass is 16.7. The van der Waals surface area contributed by atoms with Crippen molar-refractivity contribution in [2.45, 2.75) is 89.2 Å². The van der Waals surface area contributed by atoms with Crippen LogP contribution in [-0.2, 0) is 25.3 Å². The number of amides is 1. The second-order valence-electron chi connectivity index (χ2n) is 12.1. The summed E-state index contributed by atoms with van der Waals surface area (Å²) in [6.07, 6.45) is 7.92. The van der Waals surface area contributed by atoms with E-state index in [1.807, 2.05) is 24.5 Å². The van der Waals surface area contributed by atoms with Crippen LogP contribution in [0.1, 0.15) is 58.4 Å². The molecule has 3 saturated carbocycles. The molecular formula is C27H34BNO5. The molecule has 4 bridgehead atoms. The fraction of sp³-hybridized carbons (Fsp3) is 0.667. The Morgan fingerprint density at radius 3 is 2.79 bits per heavy atom. The van der Waals surface area contributed by atoms with Crippen LogP contribution in [0.25, 0.3) is 11.0 Å². The van der Waals surface area contributed by atoms with Gasteiger partial charge in [-0.15, -0.1) is 0 Å². The Morgan fingerprint density at radius 1 is 1.18 bits per heavy atom. The highest BCUT2D eigenvalue weighted by molar-refractivity contribution is 6.48. The summed E-state index contributed by atoms with van der Waals surface area (Å²) in [5.41, 5.74) is 1.91. The highest BCUT2D eigenvalue weighted by Gasteiger charge is 2.68. The topological polar surface area (TPSA) is 69.9 Å². The molecule has 3 aliphatic carbocycles. The van der Waals surface area contributed by atoms with Crippen molar-refractivity contribution >= 4 is 24.0 Å². The fourth-order valence-electron chi connectivity index (χ4n) is 7.92. The summed E-state index contributed by atoms with van der Waals surface area (Å²) in [6, 6.07) is 8.06. The third-order valence-electron chi connectivity index (χ3n) is 10.1. The van der Waals surface area contributed by atoms with Crippen LogP contribution in [0.15, 0.2) is 34.9 Å². The molecule has 180 valence electrons. The molecule has 1 aromatic heterocycles. The van der Waals surface area contributed by atoms with Gasteiger partial charge in [-0.25, -0.2) is 0 Å². The Morgan fingerprint density at radius 2 is 2.03 bits per heavy atom. The number of carbonyl (C=O) groups excluding carboxylic acids is 1. The van der Waals surface area contributed by atoms with Crippen LogP contribution in [0.2, 0.25) is 0 Å². The smallest absolute Gasteiger partial charge is 0.464 e. The first-order valence-corrected chi connectivity index (χ1v) is 13.1. The minimum Gasteiger partial charge on any atom is -0.464 e. The van der Waals surface area contributed by atoms with Gasteiger partial charge < -0.3 is 23.8 Å². The van der Waals surface area contributed by atoms with Crippen LogP contribution >= 0.6 is 0 Å². The van der Waals surface area contributed by atoms with Gasteiger partial charge in [0.2, 0.25) is 5.91 Å². The number of fused-ring (bicyclic) bond motifs is 3. The predicted octanol–water partition coefficient (Wildman–Crippen LogP) is 4.30. The maximum absolute atomic E-state index is 13.4. The average Bonchev–Trinajstić information content (AvgIpc) is 3.60. The Bertz CT molecular complexity index is 1130. The van der Waals surface area contributed by atoms with Crippen LogP contribution in [0, 0.1) is 23.2 Å². The number of para-hydroxylation sites is 1. The van der Waals surface area contributed by atoms with E-state index in [9.17, 15) is 4.79 Å². The van der Waals surface area contributed by atoms with Crippen molar-refractivity contribution in [3.05, 3.63) is 36.1 Å². The summed E-state index contributed by atoms with van der Waals surface area (Å²) >= 11 is 0. The molecular weight excluding hydrogens is 429 g/mol. The zero-order chi connectivity index (χ0) is 23.2. The first-order chi connectivity index (χ1) is 16.3. The molecule has 1 aromatic carbocycles. The number of carbonyl (C=O) groups is 1. The van der Waals surface area contributed by atoms with E-state index in [-0.39, 0.29) is 47.1 Å². The van der Waals surface area contributed by atoms with Crippen LogP contribution in [0.5, 0.6) is 0 Å². The van der Waals surface area contributed by atoms with E-state index in [2.05, 4.69) is 32.2 Å². The van der Waals surface area contributed by atoms with Gasteiger partial charge in [-0.2, -0.15) is 0 Å². The maximum Gasteiger partial charge on any atom is 0.482 e. The summed E-state index contributed by atoms with van der Waals surface area (Å²) in [6.45, 7) is 6.97. The van der Waals surface area contributed by atoms with E-state index in [1.165, 1.54) is 6.42 Å². The molecule has 4 heterocycles. The number of furan rings is 1. The molecule has 6 aliphatic rings. The van der Waals surface area contributed by atoms with Crippen molar-refractivity contribution < 1.29 is 23.3 Å². The van der Waals surface area contributed by atoms with Crippen LogP contribution in [0.3, 0.4) is 0 Å². The number of hydrogen-bond acceptors (Lipinski definition) is 5. The van der Waals surface area contributed by atoms with Gasteiger partial charge in [-0.1, -0.05) is 32.0 Å². The molecule has 7 heteroatoms. The molecule has 34 heavy (non-hydrogen) atoms. The van der Waals surface area contributed by atoms with Gasteiger partial charge in [-0.3, -0.25) is 4.79 Å². The van der Waals surface area contributed by atoms with E-state index in [0.717, 1.165) is 42.2 Å². The zero-order valence-electron chi connectivity index (χ0n) is 20.3. The SMILES string of the molecule is CC1(C)C2CC1[C@]1(C)OB([C@H](Cc3coc4ccccc34)NC(=O)[C@@H]3C[C@H]4CC[C@@H]3O4)O[C@@H]1C2. The monoisotopic (exact) mass is 463 g/mol. The zero-order valence-corrected chi connectivity index (χ0v) is 20.3. The summed E-state index contributed by atoms with van der Waals surface area (Å²) in [7, 11) is -0.470. The molecule has 6 nitrogen and oxygen atoms in total.